The zero-order valence-electron chi connectivity index (χ0n) is 27.2. The second kappa shape index (κ2) is 12.7. The summed E-state index contributed by atoms with van der Waals surface area (Å²) in [4.78, 5) is 69.9. The van der Waals surface area contributed by atoms with Crippen molar-refractivity contribution in [1.82, 2.24) is 9.91 Å². The highest BCUT2D eigenvalue weighted by molar-refractivity contribution is 6.13. The Labute approximate surface area is 284 Å². The van der Waals surface area contributed by atoms with Crippen molar-refractivity contribution in [2.24, 2.45) is 23.7 Å². The number of nitrogens with zero attached hydrogens (tertiary/aromatic N) is 2. The third-order valence-corrected chi connectivity index (χ3v) is 11.0. The Balaban J connectivity index is 1.32. The van der Waals surface area contributed by atoms with Crippen molar-refractivity contribution in [2.75, 3.05) is 12.0 Å². The number of hydrazine groups is 1. The van der Waals surface area contributed by atoms with Crippen LogP contribution in [0.25, 0.3) is 0 Å². The Hall–Kier alpha value is -5.25. The van der Waals surface area contributed by atoms with Gasteiger partial charge in [-0.05, 0) is 73.9 Å². The van der Waals surface area contributed by atoms with Crippen LogP contribution in [0, 0.1) is 30.6 Å². The van der Waals surface area contributed by atoms with E-state index in [0.29, 0.717) is 42.5 Å². The fourth-order valence-electron chi connectivity index (χ4n) is 8.84. The summed E-state index contributed by atoms with van der Waals surface area (Å²) < 4.78 is 0. The number of benzene rings is 3. The average Bonchev–Trinajstić information content (AvgIpc) is 3.46. The van der Waals surface area contributed by atoms with Crippen LogP contribution in [0.1, 0.15) is 61.1 Å². The molecule has 2 heterocycles. The summed E-state index contributed by atoms with van der Waals surface area (Å²) in [6.45, 7) is 2.17. The number of carboxylic acids is 1. The van der Waals surface area contributed by atoms with E-state index in [-0.39, 0.29) is 37.0 Å². The lowest BCUT2D eigenvalue weighted by molar-refractivity contribution is -0.141. The summed E-state index contributed by atoms with van der Waals surface area (Å²) in [6.07, 6.45) is 4.09. The summed E-state index contributed by atoms with van der Waals surface area (Å²) in [5.74, 6) is -5.55. The first-order valence-electron chi connectivity index (χ1n) is 17.0. The molecule has 0 spiro atoms. The van der Waals surface area contributed by atoms with Gasteiger partial charge in [-0.25, -0.2) is 0 Å². The number of phenolic OH excluding ortho intramolecular Hbond substituents is 1. The number of aryl methyl sites for hydroxylation is 1. The maximum Gasteiger partial charge on any atom is 0.303 e. The zero-order valence-corrected chi connectivity index (χ0v) is 27.2. The number of anilines is 1. The molecule has 2 aliphatic carbocycles. The normalized spacial score (nSPS) is 27.4. The predicted molar refractivity (Wildman–Crippen MR) is 180 cm³/mol. The number of imide groups is 2. The van der Waals surface area contributed by atoms with Crippen LogP contribution < -0.4 is 5.43 Å². The minimum atomic E-state index is -1.39. The standard InChI is InChI=1S/C39H39N3O7/c1-23-14-16-26(17-15-23)40-42-36(47)31-22-30-28(18-19-29-33(30)37(48)41(35(29)46)20-7-3-6-13-32(44)45)34(24-9-8-12-27(43)21-24)39(31,38(42)49)25-10-4-2-5-11-25/h2,4-5,8-12,14-18,21,29-31,33-34,40,43H,3,6-7,13,19-20,22H2,1H3,(H,44,45)/t29-,30+,31-,33-,34-,39+/m0/s1. The van der Waals surface area contributed by atoms with Crippen LogP contribution in [0.4, 0.5) is 5.69 Å². The van der Waals surface area contributed by atoms with Crippen LogP contribution in [0.5, 0.6) is 5.75 Å². The Morgan fingerprint density at radius 3 is 2.35 bits per heavy atom. The van der Waals surface area contributed by atoms with Gasteiger partial charge in [0.2, 0.25) is 11.8 Å². The minimum absolute atomic E-state index is 0.0151. The molecule has 3 fully saturated rings. The first kappa shape index (κ1) is 32.3. The predicted octanol–water partition coefficient (Wildman–Crippen LogP) is 5.33. The fraction of sp³-hybridized carbons (Fsp3) is 0.359. The maximum atomic E-state index is 15.1. The van der Waals surface area contributed by atoms with Gasteiger partial charge in [-0.1, -0.05) is 78.2 Å². The quantitative estimate of drug-likeness (QED) is 0.150. The lowest BCUT2D eigenvalue weighted by atomic mass is 9.49. The van der Waals surface area contributed by atoms with Crippen LogP contribution in [0.2, 0.25) is 0 Å². The molecule has 7 rings (SSSR count). The molecular weight excluding hydrogens is 622 g/mol. The number of carbonyl (C=O) groups is 5. The lowest BCUT2D eigenvalue weighted by Gasteiger charge is -2.50. The Morgan fingerprint density at radius 2 is 1.63 bits per heavy atom. The van der Waals surface area contributed by atoms with Gasteiger partial charge >= 0.3 is 5.97 Å². The smallest absolute Gasteiger partial charge is 0.303 e. The van der Waals surface area contributed by atoms with Gasteiger partial charge in [0.1, 0.15) is 5.75 Å². The van der Waals surface area contributed by atoms with Crippen molar-refractivity contribution in [3.05, 3.63) is 107 Å². The number of nitrogens with one attached hydrogen (secondary N) is 1. The van der Waals surface area contributed by atoms with Crippen molar-refractivity contribution in [3.8, 4) is 5.75 Å². The highest BCUT2D eigenvalue weighted by Gasteiger charge is 2.70. The maximum absolute atomic E-state index is 15.1. The molecule has 6 atom stereocenters. The molecule has 2 saturated heterocycles. The van der Waals surface area contributed by atoms with E-state index in [1.807, 2.05) is 73.7 Å². The number of allylic oxidation sites excluding steroid dienone is 2. The number of aliphatic carboxylic acids is 1. The number of aromatic hydroxyl groups is 1. The summed E-state index contributed by atoms with van der Waals surface area (Å²) in [7, 11) is 0. The van der Waals surface area contributed by atoms with Gasteiger partial charge in [-0.3, -0.25) is 34.3 Å². The molecule has 3 aromatic carbocycles. The molecule has 0 bridgehead atoms. The molecule has 1 saturated carbocycles. The van der Waals surface area contributed by atoms with Gasteiger partial charge in [0.25, 0.3) is 11.8 Å². The highest BCUT2D eigenvalue weighted by atomic mass is 16.4. The first-order valence-corrected chi connectivity index (χ1v) is 17.0. The molecule has 3 aromatic rings. The molecule has 49 heavy (non-hydrogen) atoms. The SMILES string of the molecule is Cc1ccc(NN2C(=O)[C@@H]3C[C@@H]4C(=CC[C@@H]5C(=O)N(CCCCCC(=O)O)C(=O)[C@@H]54)[C@H](c4cccc(O)c4)[C@]3(c3ccccc3)C2=O)cc1. The van der Waals surface area contributed by atoms with Gasteiger partial charge in [0.05, 0.1) is 28.9 Å². The number of hydrogen-bond acceptors (Lipinski definition) is 7. The number of carbonyl (C=O) groups excluding carboxylic acids is 4. The number of fused-ring (bicyclic) bond motifs is 4. The molecule has 2 aliphatic heterocycles. The fourth-order valence-corrected chi connectivity index (χ4v) is 8.84. The molecule has 10 heteroatoms. The monoisotopic (exact) mass is 661 g/mol. The summed E-state index contributed by atoms with van der Waals surface area (Å²) >= 11 is 0. The van der Waals surface area contributed by atoms with E-state index in [1.54, 1.807) is 18.2 Å². The van der Waals surface area contributed by atoms with Gasteiger partial charge in [-0.15, -0.1) is 0 Å². The van der Waals surface area contributed by atoms with E-state index < -0.39 is 52.8 Å². The number of amides is 4. The van der Waals surface area contributed by atoms with E-state index in [2.05, 4.69) is 5.43 Å². The Kier molecular flexibility index (Phi) is 8.34. The van der Waals surface area contributed by atoms with Crippen molar-refractivity contribution in [2.45, 2.75) is 56.8 Å². The number of likely N-dealkylation sites (tertiary alicyclic amines) is 1. The molecule has 0 aromatic heterocycles. The Bertz CT molecular complexity index is 1860. The van der Waals surface area contributed by atoms with Crippen LogP contribution in [-0.4, -0.2) is 56.3 Å². The molecule has 4 amide bonds. The van der Waals surface area contributed by atoms with Gasteiger partial charge < -0.3 is 10.2 Å². The average molecular weight is 662 g/mol. The first-order chi connectivity index (χ1) is 23.6. The van der Waals surface area contributed by atoms with Gasteiger partial charge in [0.15, 0.2) is 0 Å². The van der Waals surface area contributed by atoms with Crippen molar-refractivity contribution < 1.29 is 34.2 Å². The molecule has 252 valence electrons. The largest absolute Gasteiger partial charge is 0.508 e. The highest BCUT2D eigenvalue weighted by Crippen LogP contribution is 2.64. The van der Waals surface area contributed by atoms with Crippen molar-refractivity contribution >= 4 is 35.3 Å². The van der Waals surface area contributed by atoms with Crippen LogP contribution in [0.3, 0.4) is 0 Å². The molecule has 10 nitrogen and oxygen atoms in total. The molecule has 0 radical (unpaired) electrons. The van der Waals surface area contributed by atoms with Gasteiger partial charge in [-0.2, -0.15) is 5.01 Å². The second-order valence-corrected chi connectivity index (χ2v) is 13.7. The van der Waals surface area contributed by atoms with E-state index in [1.165, 1.54) is 4.90 Å². The number of hydrogen-bond donors (Lipinski definition) is 3. The molecule has 3 N–H and O–H groups in total. The minimum Gasteiger partial charge on any atom is -0.508 e. The number of carboxylic acid groups (broad SMARTS) is 1. The topological polar surface area (TPSA) is 144 Å². The van der Waals surface area contributed by atoms with Crippen molar-refractivity contribution in [3.63, 3.8) is 0 Å². The van der Waals surface area contributed by atoms with Crippen LogP contribution in [-0.2, 0) is 29.4 Å². The third-order valence-electron chi connectivity index (χ3n) is 11.0. The van der Waals surface area contributed by atoms with E-state index in [9.17, 15) is 24.3 Å². The summed E-state index contributed by atoms with van der Waals surface area (Å²) in [5, 5.41) is 20.8. The zero-order chi connectivity index (χ0) is 34.4. The number of phenols is 1. The number of unbranched alkanes of at least 4 members (excludes halogenated alkanes) is 2. The molecule has 0 unspecified atom stereocenters. The summed E-state index contributed by atoms with van der Waals surface area (Å²) in [6, 6.07) is 23.4. The molecule has 4 aliphatic rings. The summed E-state index contributed by atoms with van der Waals surface area (Å²) in [5.41, 5.74) is 5.44. The van der Waals surface area contributed by atoms with Crippen LogP contribution >= 0.6 is 0 Å². The number of rotatable bonds is 10. The Morgan fingerprint density at radius 1 is 0.878 bits per heavy atom. The van der Waals surface area contributed by atoms with E-state index in [0.717, 1.165) is 16.1 Å². The third kappa shape index (κ3) is 5.30. The van der Waals surface area contributed by atoms with Crippen molar-refractivity contribution in [1.29, 1.82) is 0 Å². The second-order valence-electron chi connectivity index (χ2n) is 13.7. The van der Waals surface area contributed by atoms with E-state index in [4.69, 9.17) is 5.11 Å². The van der Waals surface area contributed by atoms with Crippen LogP contribution in [0.15, 0.2) is 90.5 Å². The van der Waals surface area contributed by atoms with Gasteiger partial charge in [0, 0.05) is 18.9 Å². The lowest BCUT2D eigenvalue weighted by Crippen LogP contribution is -2.53. The van der Waals surface area contributed by atoms with E-state index >= 15 is 4.79 Å². The molecular formula is C39H39N3O7.